The molecule has 1 saturated carbocycles. The first-order chi connectivity index (χ1) is 8.34. The second-order valence-corrected chi connectivity index (χ2v) is 4.67. The summed E-state index contributed by atoms with van der Waals surface area (Å²) in [6.45, 7) is 0.659. The van der Waals surface area contributed by atoms with Gasteiger partial charge in [0.15, 0.2) is 5.96 Å². The van der Waals surface area contributed by atoms with Crippen molar-refractivity contribution in [2.75, 3.05) is 0 Å². The zero-order chi connectivity index (χ0) is 11.9. The third-order valence-corrected chi connectivity index (χ3v) is 3.23. The van der Waals surface area contributed by atoms with E-state index in [0.29, 0.717) is 18.5 Å². The monoisotopic (exact) mass is 359 g/mol. The molecule has 0 aromatic heterocycles. The molecule has 1 aromatic rings. The summed E-state index contributed by atoms with van der Waals surface area (Å²) in [6, 6.07) is 10.7. The number of hydrogen-bond donors (Lipinski definition) is 2. The van der Waals surface area contributed by atoms with Crippen LogP contribution in [0, 0.1) is 0 Å². The molecule has 0 saturated heterocycles. The Morgan fingerprint density at radius 1 is 1.17 bits per heavy atom. The van der Waals surface area contributed by atoms with Crippen molar-refractivity contribution in [3.8, 4) is 0 Å². The number of hydrogen-bond acceptors (Lipinski definition) is 1. The summed E-state index contributed by atoms with van der Waals surface area (Å²) in [4.78, 5) is 4.37. The molecule has 0 atom stereocenters. The van der Waals surface area contributed by atoms with Gasteiger partial charge in [0.2, 0.25) is 0 Å². The van der Waals surface area contributed by atoms with Gasteiger partial charge in [-0.25, -0.2) is 4.99 Å². The molecular weight excluding hydrogens is 337 g/mol. The first kappa shape index (κ1) is 15.3. The Hall–Kier alpha value is -0.780. The van der Waals surface area contributed by atoms with Crippen molar-refractivity contribution in [1.82, 2.24) is 5.32 Å². The van der Waals surface area contributed by atoms with E-state index in [1.54, 1.807) is 0 Å². The van der Waals surface area contributed by atoms with Gasteiger partial charge in [0.05, 0.1) is 6.54 Å². The van der Waals surface area contributed by atoms with Crippen molar-refractivity contribution in [3.05, 3.63) is 35.9 Å². The first-order valence-electron chi connectivity index (χ1n) is 6.45. The van der Waals surface area contributed by atoms with Crippen molar-refractivity contribution >= 4 is 29.9 Å². The van der Waals surface area contributed by atoms with Crippen molar-refractivity contribution in [2.45, 2.75) is 44.7 Å². The average Bonchev–Trinajstić information content (AvgIpc) is 2.39. The molecule has 100 valence electrons. The van der Waals surface area contributed by atoms with E-state index in [2.05, 4.69) is 22.4 Å². The minimum Gasteiger partial charge on any atom is -0.370 e. The van der Waals surface area contributed by atoms with Crippen LogP contribution in [-0.4, -0.2) is 12.0 Å². The van der Waals surface area contributed by atoms with Crippen LogP contribution >= 0.6 is 24.0 Å². The Balaban J connectivity index is 0.00000162. The standard InChI is InChI=1S/C14H21N3.HI/c15-14(17-13-9-5-2-6-10-13)16-11-12-7-3-1-4-8-12;/h1,3-4,7-8,13H,2,5-6,9-11H2,(H3,15,16,17);1H. The number of guanidine groups is 1. The van der Waals surface area contributed by atoms with E-state index in [0.717, 1.165) is 0 Å². The lowest BCUT2D eigenvalue weighted by Gasteiger charge is -2.23. The fourth-order valence-electron chi connectivity index (χ4n) is 2.26. The largest absolute Gasteiger partial charge is 0.370 e. The van der Waals surface area contributed by atoms with Gasteiger partial charge < -0.3 is 11.1 Å². The molecule has 1 aliphatic rings. The van der Waals surface area contributed by atoms with Crippen LogP contribution < -0.4 is 11.1 Å². The maximum absolute atomic E-state index is 5.89. The quantitative estimate of drug-likeness (QED) is 0.495. The fraction of sp³-hybridized carbons (Fsp3) is 0.500. The molecule has 1 aromatic carbocycles. The van der Waals surface area contributed by atoms with Crippen molar-refractivity contribution in [3.63, 3.8) is 0 Å². The zero-order valence-electron chi connectivity index (χ0n) is 10.6. The molecule has 18 heavy (non-hydrogen) atoms. The summed E-state index contributed by atoms with van der Waals surface area (Å²) in [5.74, 6) is 0.584. The Morgan fingerprint density at radius 2 is 1.83 bits per heavy atom. The predicted octanol–water partition coefficient (Wildman–Crippen LogP) is 3.04. The lowest BCUT2D eigenvalue weighted by molar-refractivity contribution is 0.412. The van der Waals surface area contributed by atoms with E-state index in [1.165, 1.54) is 37.7 Å². The van der Waals surface area contributed by atoms with Gasteiger partial charge in [-0.2, -0.15) is 0 Å². The highest BCUT2D eigenvalue weighted by molar-refractivity contribution is 14.0. The summed E-state index contributed by atoms with van der Waals surface area (Å²) in [6.07, 6.45) is 6.43. The molecular formula is C14H22IN3. The summed E-state index contributed by atoms with van der Waals surface area (Å²) in [5, 5.41) is 3.32. The molecule has 0 amide bonds. The molecule has 3 nitrogen and oxygen atoms in total. The molecule has 0 unspecified atom stereocenters. The Labute approximate surface area is 126 Å². The third kappa shape index (κ3) is 5.25. The third-order valence-electron chi connectivity index (χ3n) is 3.23. The van der Waals surface area contributed by atoms with Crippen molar-refractivity contribution in [2.24, 2.45) is 10.7 Å². The van der Waals surface area contributed by atoms with Crippen LogP contribution in [-0.2, 0) is 6.54 Å². The van der Waals surface area contributed by atoms with Crippen LogP contribution in [0.2, 0.25) is 0 Å². The number of rotatable bonds is 3. The molecule has 1 fully saturated rings. The highest BCUT2D eigenvalue weighted by Gasteiger charge is 2.12. The molecule has 3 N–H and O–H groups in total. The average molecular weight is 359 g/mol. The summed E-state index contributed by atoms with van der Waals surface area (Å²) in [5.41, 5.74) is 7.09. The lowest BCUT2D eigenvalue weighted by atomic mass is 9.96. The van der Waals surface area contributed by atoms with Gasteiger partial charge in [-0.1, -0.05) is 49.6 Å². The smallest absolute Gasteiger partial charge is 0.189 e. The number of benzene rings is 1. The number of nitrogens with one attached hydrogen (secondary N) is 1. The van der Waals surface area contributed by atoms with Crippen LogP contribution in [0.3, 0.4) is 0 Å². The fourth-order valence-corrected chi connectivity index (χ4v) is 2.26. The molecule has 1 aliphatic carbocycles. The van der Waals surface area contributed by atoms with E-state index in [-0.39, 0.29) is 24.0 Å². The number of nitrogens with zero attached hydrogens (tertiary/aromatic N) is 1. The predicted molar refractivity (Wildman–Crippen MR) is 87.2 cm³/mol. The summed E-state index contributed by atoms with van der Waals surface area (Å²) in [7, 11) is 0. The van der Waals surface area contributed by atoms with Gasteiger partial charge in [0, 0.05) is 6.04 Å². The summed E-state index contributed by atoms with van der Waals surface area (Å²) < 4.78 is 0. The Morgan fingerprint density at radius 3 is 2.50 bits per heavy atom. The van der Waals surface area contributed by atoms with Crippen LogP contribution in [0.5, 0.6) is 0 Å². The van der Waals surface area contributed by atoms with Gasteiger partial charge in [0.1, 0.15) is 0 Å². The van der Waals surface area contributed by atoms with Crippen LogP contribution in [0.1, 0.15) is 37.7 Å². The molecule has 0 aliphatic heterocycles. The number of halogens is 1. The van der Waals surface area contributed by atoms with E-state index in [4.69, 9.17) is 5.73 Å². The van der Waals surface area contributed by atoms with Crippen molar-refractivity contribution in [1.29, 1.82) is 0 Å². The van der Waals surface area contributed by atoms with Crippen LogP contribution in [0.15, 0.2) is 35.3 Å². The topological polar surface area (TPSA) is 50.4 Å². The van der Waals surface area contributed by atoms with E-state index >= 15 is 0 Å². The molecule has 0 bridgehead atoms. The number of aliphatic imine (C=N–C) groups is 1. The molecule has 4 heteroatoms. The molecule has 0 spiro atoms. The Bertz CT molecular complexity index is 359. The van der Waals surface area contributed by atoms with Gasteiger partial charge in [0.25, 0.3) is 0 Å². The van der Waals surface area contributed by atoms with Crippen molar-refractivity contribution < 1.29 is 0 Å². The second-order valence-electron chi connectivity index (χ2n) is 4.67. The number of nitrogens with two attached hydrogens (primary N) is 1. The van der Waals surface area contributed by atoms with Crippen LogP contribution in [0.25, 0.3) is 0 Å². The highest BCUT2D eigenvalue weighted by atomic mass is 127. The zero-order valence-corrected chi connectivity index (χ0v) is 13.0. The lowest BCUT2D eigenvalue weighted by Crippen LogP contribution is -2.41. The Kier molecular flexibility index (Phi) is 7.08. The minimum atomic E-state index is 0. The molecule has 0 radical (unpaired) electrons. The maximum atomic E-state index is 5.89. The van der Waals surface area contributed by atoms with E-state index in [1.807, 2.05) is 18.2 Å². The summed E-state index contributed by atoms with van der Waals surface area (Å²) >= 11 is 0. The second kappa shape index (κ2) is 8.34. The van der Waals surface area contributed by atoms with Gasteiger partial charge in [-0.05, 0) is 18.4 Å². The maximum Gasteiger partial charge on any atom is 0.189 e. The van der Waals surface area contributed by atoms with E-state index < -0.39 is 0 Å². The van der Waals surface area contributed by atoms with Gasteiger partial charge in [-0.15, -0.1) is 24.0 Å². The molecule has 0 heterocycles. The highest BCUT2D eigenvalue weighted by Crippen LogP contribution is 2.17. The SMILES string of the molecule is I.NC(=NCc1ccccc1)NC1CCCCC1. The van der Waals surface area contributed by atoms with Crippen LogP contribution in [0.4, 0.5) is 0 Å². The first-order valence-corrected chi connectivity index (χ1v) is 6.45. The molecule has 2 rings (SSSR count). The van der Waals surface area contributed by atoms with E-state index in [9.17, 15) is 0 Å². The van der Waals surface area contributed by atoms with Gasteiger partial charge >= 0.3 is 0 Å². The minimum absolute atomic E-state index is 0. The van der Waals surface area contributed by atoms with Gasteiger partial charge in [-0.3, -0.25) is 0 Å². The normalized spacial score (nSPS) is 17.0.